The monoisotopic (exact) mass is 775 g/mol. The summed E-state index contributed by atoms with van der Waals surface area (Å²) in [5, 5.41) is 7.50. The number of para-hydroxylation sites is 2. The zero-order chi connectivity index (χ0) is 38.2. The van der Waals surface area contributed by atoms with Gasteiger partial charge in [-0.3, -0.25) is 0 Å². The molecule has 58 heavy (non-hydrogen) atoms. The van der Waals surface area contributed by atoms with Gasteiger partial charge in [0.05, 0.1) is 0 Å². The molecular weight excluding hydrogens is 743 g/mol. The standard InChI is InChI=1S/C54H33NOS2/c1-4-19-49-43(14-1)46-18-9-17-42(54(46)56-49)38-11-8-13-41(31-38)55(39-26-22-34(23-27-39)36-24-28-52-47(32-36)44-15-2-5-20-50(44)57-52)40-12-7-10-35(30-40)37-25-29-53-48(33-37)45-16-3-6-21-51(45)58-53/h1-33H. The highest BCUT2D eigenvalue weighted by atomic mass is 32.1. The lowest BCUT2D eigenvalue weighted by Gasteiger charge is -2.27. The molecule has 12 rings (SSSR count). The zero-order valence-electron chi connectivity index (χ0n) is 31.2. The van der Waals surface area contributed by atoms with E-state index < -0.39 is 0 Å². The third kappa shape index (κ3) is 5.45. The van der Waals surface area contributed by atoms with Crippen LogP contribution in [0, 0.1) is 0 Å². The number of fused-ring (bicyclic) bond motifs is 9. The summed E-state index contributed by atoms with van der Waals surface area (Å²) in [7, 11) is 0. The van der Waals surface area contributed by atoms with Gasteiger partial charge < -0.3 is 9.32 Å². The van der Waals surface area contributed by atoms with E-state index in [9.17, 15) is 0 Å². The summed E-state index contributed by atoms with van der Waals surface area (Å²) in [5.74, 6) is 0. The average molecular weight is 776 g/mol. The van der Waals surface area contributed by atoms with E-state index in [1.165, 1.54) is 62.6 Å². The lowest BCUT2D eigenvalue weighted by atomic mass is 9.99. The fourth-order valence-corrected chi connectivity index (χ4v) is 10.8. The molecule has 0 fully saturated rings. The van der Waals surface area contributed by atoms with Crippen LogP contribution in [-0.4, -0.2) is 0 Å². The van der Waals surface area contributed by atoms with Gasteiger partial charge in [-0.2, -0.15) is 0 Å². The summed E-state index contributed by atoms with van der Waals surface area (Å²) in [4.78, 5) is 2.38. The summed E-state index contributed by atoms with van der Waals surface area (Å²) in [5.41, 5.74) is 12.0. The number of furan rings is 1. The van der Waals surface area contributed by atoms with Gasteiger partial charge in [0.1, 0.15) is 11.2 Å². The fourth-order valence-electron chi connectivity index (χ4n) is 8.67. The van der Waals surface area contributed by atoms with Crippen molar-refractivity contribution in [3.8, 4) is 33.4 Å². The van der Waals surface area contributed by atoms with E-state index in [1.807, 2.05) is 34.8 Å². The summed E-state index contributed by atoms with van der Waals surface area (Å²) < 4.78 is 11.8. The minimum absolute atomic E-state index is 0.902. The van der Waals surface area contributed by atoms with Crippen LogP contribution >= 0.6 is 22.7 Å². The molecule has 0 radical (unpaired) electrons. The van der Waals surface area contributed by atoms with Gasteiger partial charge in [0.25, 0.3) is 0 Å². The Labute approximate surface area is 343 Å². The quantitative estimate of drug-likeness (QED) is 0.167. The van der Waals surface area contributed by atoms with Crippen LogP contribution < -0.4 is 4.90 Å². The van der Waals surface area contributed by atoms with Crippen molar-refractivity contribution < 1.29 is 4.42 Å². The molecule has 0 aliphatic heterocycles. The van der Waals surface area contributed by atoms with Crippen molar-refractivity contribution in [2.45, 2.75) is 0 Å². The molecule has 4 heteroatoms. The topological polar surface area (TPSA) is 16.4 Å². The number of nitrogens with zero attached hydrogens (tertiary/aromatic N) is 1. The fraction of sp³-hybridized carbons (Fsp3) is 0. The number of thiophene rings is 2. The van der Waals surface area contributed by atoms with E-state index in [-0.39, 0.29) is 0 Å². The minimum Gasteiger partial charge on any atom is -0.455 e. The van der Waals surface area contributed by atoms with Gasteiger partial charge in [-0.05, 0) is 107 Å². The van der Waals surface area contributed by atoms with Crippen LogP contribution in [0.4, 0.5) is 17.1 Å². The molecule has 0 amide bonds. The van der Waals surface area contributed by atoms with Crippen molar-refractivity contribution >= 4 is 102 Å². The highest BCUT2D eigenvalue weighted by molar-refractivity contribution is 7.26. The Morgan fingerprint density at radius 3 is 1.50 bits per heavy atom. The number of hydrogen-bond donors (Lipinski definition) is 0. The summed E-state index contributed by atoms with van der Waals surface area (Å²) in [6.07, 6.45) is 0. The predicted octanol–water partition coefficient (Wildman–Crippen LogP) is 16.8. The molecule has 0 unspecified atom stereocenters. The van der Waals surface area contributed by atoms with Crippen molar-refractivity contribution in [3.63, 3.8) is 0 Å². The average Bonchev–Trinajstić information content (AvgIpc) is 3.98. The van der Waals surface area contributed by atoms with Gasteiger partial charge >= 0.3 is 0 Å². The molecule has 0 atom stereocenters. The lowest BCUT2D eigenvalue weighted by Crippen LogP contribution is -2.10. The first-order chi connectivity index (χ1) is 28.7. The Bertz CT molecular complexity index is 3530. The van der Waals surface area contributed by atoms with Gasteiger partial charge in [0.2, 0.25) is 0 Å². The van der Waals surface area contributed by atoms with Gasteiger partial charge in [0.15, 0.2) is 0 Å². The summed E-state index contributed by atoms with van der Waals surface area (Å²) in [6.45, 7) is 0. The maximum atomic E-state index is 6.51. The second-order valence-corrected chi connectivity index (χ2v) is 17.0. The second kappa shape index (κ2) is 13.3. The highest BCUT2D eigenvalue weighted by Gasteiger charge is 2.18. The SMILES string of the molecule is c1cc(-c2ccc3sc4ccccc4c3c2)cc(N(c2ccc(-c3ccc4sc5ccccc5c4c3)cc2)c2cccc(-c3cccc4c3oc3ccccc34)c2)c1. The van der Waals surface area contributed by atoms with Crippen LogP contribution in [0.25, 0.3) is 95.7 Å². The summed E-state index contributed by atoms with van der Waals surface area (Å²) in [6, 6.07) is 72.8. The zero-order valence-corrected chi connectivity index (χ0v) is 32.9. The van der Waals surface area contributed by atoms with Crippen LogP contribution in [0.15, 0.2) is 205 Å². The Balaban J connectivity index is 0.991. The molecular formula is C54H33NOS2. The van der Waals surface area contributed by atoms with Crippen molar-refractivity contribution in [1.82, 2.24) is 0 Å². The molecule has 12 aromatic rings. The van der Waals surface area contributed by atoms with Crippen molar-refractivity contribution in [2.75, 3.05) is 4.90 Å². The number of rotatable bonds is 6. The van der Waals surface area contributed by atoms with E-state index in [1.54, 1.807) is 0 Å². The molecule has 0 spiro atoms. The van der Waals surface area contributed by atoms with E-state index in [2.05, 4.69) is 193 Å². The minimum atomic E-state index is 0.902. The van der Waals surface area contributed by atoms with Crippen molar-refractivity contribution in [2.24, 2.45) is 0 Å². The molecule has 2 nitrogen and oxygen atoms in total. The van der Waals surface area contributed by atoms with Crippen LogP contribution in [0.5, 0.6) is 0 Å². The Morgan fingerprint density at radius 1 is 0.310 bits per heavy atom. The molecule has 0 saturated heterocycles. The van der Waals surface area contributed by atoms with Gasteiger partial charge in [0, 0.05) is 73.7 Å². The summed E-state index contributed by atoms with van der Waals surface area (Å²) >= 11 is 3.71. The molecule has 0 N–H and O–H groups in total. The van der Waals surface area contributed by atoms with E-state index >= 15 is 0 Å². The molecule has 0 bridgehead atoms. The maximum Gasteiger partial charge on any atom is 0.143 e. The van der Waals surface area contributed by atoms with Crippen molar-refractivity contribution in [3.05, 3.63) is 200 Å². The molecule has 272 valence electrons. The second-order valence-electron chi connectivity index (χ2n) is 14.9. The highest BCUT2D eigenvalue weighted by Crippen LogP contribution is 2.43. The molecule has 3 aromatic heterocycles. The van der Waals surface area contributed by atoms with E-state index in [0.29, 0.717) is 0 Å². The van der Waals surface area contributed by atoms with Crippen LogP contribution in [0.2, 0.25) is 0 Å². The first-order valence-corrected chi connectivity index (χ1v) is 21.2. The first-order valence-electron chi connectivity index (χ1n) is 19.6. The lowest BCUT2D eigenvalue weighted by molar-refractivity contribution is 0.670. The molecule has 3 heterocycles. The predicted molar refractivity (Wildman–Crippen MR) is 250 cm³/mol. The van der Waals surface area contributed by atoms with Crippen LogP contribution in [0.3, 0.4) is 0 Å². The molecule has 0 aliphatic carbocycles. The Morgan fingerprint density at radius 2 is 0.810 bits per heavy atom. The maximum absolute atomic E-state index is 6.51. The van der Waals surface area contributed by atoms with Crippen molar-refractivity contribution in [1.29, 1.82) is 0 Å². The van der Waals surface area contributed by atoms with E-state index in [0.717, 1.165) is 50.1 Å². The normalized spacial score (nSPS) is 11.8. The van der Waals surface area contributed by atoms with Gasteiger partial charge in [-0.15, -0.1) is 22.7 Å². The molecule has 0 saturated carbocycles. The van der Waals surface area contributed by atoms with E-state index in [4.69, 9.17) is 4.42 Å². The van der Waals surface area contributed by atoms with Crippen LogP contribution in [-0.2, 0) is 0 Å². The van der Waals surface area contributed by atoms with Crippen LogP contribution in [0.1, 0.15) is 0 Å². The largest absolute Gasteiger partial charge is 0.455 e. The Kier molecular flexibility index (Phi) is 7.62. The Hall–Kier alpha value is -6.98. The number of hydrogen-bond acceptors (Lipinski definition) is 4. The molecule has 0 aliphatic rings. The third-order valence-electron chi connectivity index (χ3n) is 11.5. The third-order valence-corrected chi connectivity index (χ3v) is 13.8. The van der Waals surface area contributed by atoms with Gasteiger partial charge in [-0.1, -0.05) is 121 Å². The first kappa shape index (κ1) is 33.2. The number of benzene rings is 9. The molecule has 9 aromatic carbocycles. The van der Waals surface area contributed by atoms with Gasteiger partial charge in [-0.25, -0.2) is 0 Å². The smallest absolute Gasteiger partial charge is 0.143 e. The number of anilines is 3.